The van der Waals surface area contributed by atoms with Crippen LogP contribution in [0, 0.1) is 0 Å². The van der Waals surface area contributed by atoms with Crippen LogP contribution < -0.4 is 5.11 Å². The van der Waals surface area contributed by atoms with Gasteiger partial charge in [0.2, 0.25) is 5.91 Å². The molecule has 1 heterocycles. The molecule has 0 unspecified atom stereocenters. The van der Waals surface area contributed by atoms with E-state index in [1.807, 2.05) is 0 Å². The SMILES string of the molecule is C[C@H]1SC(=S)N(CCCC(=O)[O-])C1=O. The lowest BCUT2D eigenvalue weighted by atomic mass is 10.3. The highest BCUT2D eigenvalue weighted by atomic mass is 32.2. The van der Waals surface area contributed by atoms with Gasteiger partial charge in [-0.2, -0.15) is 0 Å². The van der Waals surface area contributed by atoms with Crippen molar-refractivity contribution in [2.24, 2.45) is 0 Å². The van der Waals surface area contributed by atoms with Crippen molar-refractivity contribution in [3.8, 4) is 0 Å². The van der Waals surface area contributed by atoms with Gasteiger partial charge in [0.25, 0.3) is 0 Å². The van der Waals surface area contributed by atoms with Crippen LogP contribution in [0.1, 0.15) is 19.8 Å². The molecule has 1 aliphatic rings. The van der Waals surface area contributed by atoms with Crippen molar-refractivity contribution in [1.29, 1.82) is 0 Å². The average molecular weight is 232 g/mol. The van der Waals surface area contributed by atoms with Gasteiger partial charge >= 0.3 is 0 Å². The Balaban J connectivity index is 2.41. The van der Waals surface area contributed by atoms with E-state index in [9.17, 15) is 14.7 Å². The average Bonchev–Trinajstić information content (AvgIpc) is 2.31. The van der Waals surface area contributed by atoms with Gasteiger partial charge in [0, 0.05) is 12.5 Å². The number of hydrogen-bond acceptors (Lipinski definition) is 5. The number of carbonyl (C=O) groups excluding carboxylic acids is 2. The molecule has 1 saturated heterocycles. The van der Waals surface area contributed by atoms with E-state index in [-0.39, 0.29) is 17.6 Å². The van der Waals surface area contributed by atoms with Crippen LogP contribution >= 0.6 is 24.0 Å². The Morgan fingerprint density at radius 3 is 2.79 bits per heavy atom. The molecule has 0 radical (unpaired) electrons. The molecular formula is C8H10NO3S2-. The molecule has 1 rings (SSSR count). The molecule has 0 aromatic rings. The summed E-state index contributed by atoms with van der Waals surface area (Å²) in [6, 6.07) is 0. The Bertz CT molecular complexity index is 280. The molecule has 0 bridgehead atoms. The molecule has 1 fully saturated rings. The van der Waals surface area contributed by atoms with Crippen LogP contribution in [0.15, 0.2) is 0 Å². The lowest BCUT2D eigenvalue weighted by Crippen LogP contribution is -2.32. The van der Waals surface area contributed by atoms with Gasteiger partial charge in [-0.3, -0.25) is 9.69 Å². The molecule has 0 saturated carbocycles. The second kappa shape index (κ2) is 4.75. The van der Waals surface area contributed by atoms with Crippen molar-refractivity contribution in [3.63, 3.8) is 0 Å². The first-order valence-corrected chi connectivity index (χ1v) is 5.53. The molecule has 0 N–H and O–H groups in total. The summed E-state index contributed by atoms with van der Waals surface area (Å²) in [7, 11) is 0. The third-order valence-electron chi connectivity index (χ3n) is 1.87. The molecule has 78 valence electrons. The van der Waals surface area contributed by atoms with Gasteiger partial charge in [0.15, 0.2) is 0 Å². The quantitative estimate of drug-likeness (QED) is 0.626. The third kappa shape index (κ3) is 2.68. The topological polar surface area (TPSA) is 60.4 Å². The van der Waals surface area contributed by atoms with Gasteiger partial charge in [-0.05, 0) is 19.8 Å². The number of thiocarbonyl (C=S) groups is 1. The van der Waals surface area contributed by atoms with Gasteiger partial charge in [0.1, 0.15) is 4.32 Å². The summed E-state index contributed by atoms with van der Waals surface area (Å²) in [5.74, 6) is -1.12. The minimum Gasteiger partial charge on any atom is -0.550 e. The van der Waals surface area contributed by atoms with Crippen molar-refractivity contribution in [2.75, 3.05) is 6.54 Å². The molecule has 6 heteroatoms. The molecule has 4 nitrogen and oxygen atoms in total. The number of hydrogen-bond donors (Lipinski definition) is 0. The number of carboxylic acid groups (broad SMARTS) is 1. The number of rotatable bonds is 4. The minimum absolute atomic E-state index is 0.0293. The number of amides is 1. The number of carboxylic acids is 1. The zero-order chi connectivity index (χ0) is 10.7. The summed E-state index contributed by atoms with van der Waals surface area (Å²) in [6.07, 6.45) is 0.354. The van der Waals surface area contributed by atoms with Gasteiger partial charge in [-0.15, -0.1) is 0 Å². The van der Waals surface area contributed by atoms with E-state index in [0.717, 1.165) is 0 Å². The summed E-state index contributed by atoms with van der Waals surface area (Å²) < 4.78 is 0.542. The summed E-state index contributed by atoms with van der Waals surface area (Å²) in [5, 5.41) is 10.0. The van der Waals surface area contributed by atoms with E-state index >= 15 is 0 Å². The molecule has 14 heavy (non-hydrogen) atoms. The van der Waals surface area contributed by atoms with E-state index in [4.69, 9.17) is 12.2 Å². The third-order valence-corrected chi connectivity index (χ3v) is 3.36. The Kier molecular flexibility index (Phi) is 3.88. The standard InChI is InChI=1S/C8H11NO3S2/c1-5-7(12)9(8(13)14-5)4-2-3-6(10)11/h5H,2-4H2,1H3,(H,10,11)/p-1/t5-/m1/s1. The first-order valence-electron chi connectivity index (χ1n) is 4.24. The first kappa shape index (κ1) is 11.5. The highest BCUT2D eigenvalue weighted by Gasteiger charge is 2.32. The Labute approximate surface area is 91.6 Å². The molecular weight excluding hydrogens is 222 g/mol. The summed E-state index contributed by atoms with van der Waals surface area (Å²) in [4.78, 5) is 23.1. The van der Waals surface area contributed by atoms with Crippen LogP contribution in [-0.4, -0.2) is 32.9 Å². The van der Waals surface area contributed by atoms with E-state index in [2.05, 4.69) is 0 Å². The Morgan fingerprint density at radius 1 is 1.71 bits per heavy atom. The summed E-state index contributed by atoms with van der Waals surface area (Å²) >= 11 is 6.32. The van der Waals surface area contributed by atoms with Crippen molar-refractivity contribution < 1.29 is 14.7 Å². The molecule has 1 atom stereocenters. The number of thioether (sulfide) groups is 1. The summed E-state index contributed by atoms with van der Waals surface area (Å²) in [5.41, 5.74) is 0. The van der Waals surface area contributed by atoms with Crippen LogP contribution in [0.2, 0.25) is 0 Å². The van der Waals surface area contributed by atoms with Crippen LogP contribution in [0.4, 0.5) is 0 Å². The number of aliphatic carboxylic acids is 1. The molecule has 0 aromatic heterocycles. The molecule has 0 spiro atoms. The van der Waals surface area contributed by atoms with E-state index < -0.39 is 5.97 Å². The number of carbonyl (C=O) groups is 2. The lowest BCUT2D eigenvalue weighted by molar-refractivity contribution is -0.305. The zero-order valence-corrected chi connectivity index (χ0v) is 9.32. The minimum atomic E-state index is -1.09. The van der Waals surface area contributed by atoms with Crippen molar-refractivity contribution in [3.05, 3.63) is 0 Å². The first-order chi connectivity index (χ1) is 6.52. The number of nitrogens with zero attached hydrogens (tertiary/aromatic N) is 1. The monoisotopic (exact) mass is 232 g/mol. The maximum Gasteiger partial charge on any atom is 0.241 e. The van der Waals surface area contributed by atoms with Crippen molar-refractivity contribution in [2.45, 2.75) is 25.0 Å². The maximum atomic E-state index is 11.4. The summed E-state index contributed by atoms with van der Waals surface area (Å²) in [6.45, 7) is 2.17. The Hall–Kier alpha value is -0.620. The zero-order valence-electron chi connectivity index (χ0n) is 7.69. The second-order valence-corrected chi connectivity index (χ2v) is 4.97. The lowest BCUT2D eigenvalue weighted by Gasteiger charge is -2.14. The van der Waals surface area contributed by atoms with Crippen LogP contribution in [-0.2, 0) is 9.59 Å². The van der Waals surface area contributed by atoms with E-state index in [0.29, 0.717) is 17.3 Å². The normalized spacial score (nSPS) is 21.8. The highest BCUT2D eigenvalue weighted by molar-refractivity contribution is 8.24. The molecule has 1 amide bonds. The smallest absolute Gasteiger partial charge is 0.241 e. The largest absolute Gasteiger partial charge is 0.550 e. The van der Waals surface area contributed by atoms with Crippen LogP contribution in [0.5, 0.6) is 0 Å². The van der Waals surface area contributed by atoms with Gasteiger partial charge in [0.05, 0.1) is 5.25 Å². The van der Waals surface area contributed by atoms with E-state index in [1.165, 1.54) is 16.7 Å². The fourth-order valence-corrected chi connectivity index (χ4v) is 2.61. The predicted molar refractivity (Wildman–Crippen MR) is 55.6 cm³/mol. The van der Waals surface area contributed by atoms with E-state index in [1.54, 1.807) is 6.92 Å². The predicted octanol–water partition coefficient (Wildman–Crippen LogP) is -0.235. The molecule has 1 aliphatic heterocycles. The van der Waals surface area contributed by atoms with Gasteiger partial charge < -0.3 is 9.90 Å². The van der Waals surface area contributed by atoms with Gasteiger partial charge in [-0.25, -0.2) is 0 Å². The fourth-order valence-electron chi connectivity index (χ4n) is 1.16. The van der Waals surface area contributed by atoms with Crippen molar-refractivity contribution >= 4 is 40.2 Å². The second-order valence-electron chi connectivity index (χ2n) is 2.99. The van der Waals surface area contributed by atoms with Crippen LogP contribution in [0.3, 0.4) is 0 Å². The molecule has 0 aromatic carbocycles. The van der Waals surface area contributed by atoms with Crippen LogP contribution in [0.25, 0.3) is 0 Å². The van der Waals surface area contributed by atoms with Gasteiger partial charge in [-0.1, -0.05) is 24.0 Å². The fraction of sp³-hybridized carbons (Fsp3) is 0.625. The molecule has 0 aliphatic carbocycles. The maximum absolute atomic E-state index is 11.4. The Morgan fingerprint density at radius 2 is 2.36 bits per heavy atom. The highest BCUT2D eigenvalue weighted by Crippen LogP contribution is 2.26. The van der Waals surface area contributed by atoms with Crippen molar-refractivity contribution in [1.82, 2.24) is 4.90 Å².